The van der Waals surface area contributed by atoms with E-state index in [0.29, 0.717) is 39.6 Å². The van der Waals surface area contributed by atoms with Crippen LogP contribution in [0.15, 0.2) is 29.3 Å². The Balaban J connectivity index is 0.00000450. The van der Waals surface area contributed by atoms with Crippen LogP contribution in [-0.4, -0.2) is 63.4 Å². The normalized spacial score (nSPS) is 14.9. The molecule has 0 amide bonds. The summed E-state index contributed by atoms with van der Waals surface area (Å²) in [6.45, 7) is 9.09. The van der Waals surface area contributed by atoms with Crippen molar-refractivity contribution in [1.29, 1.82) is 0 Å². The van der Waals surface area contributed by atoms with Gasteiger partial charge in [0.05, 0.1) is 32.3 Å². The van der Waals surface area contributed by atoms with Gasteiger partial charge in [0, 0.05) is 33.3 Å². The molecule has 1 aliphatic rings. The minimum absolute atomic E-state index is 0. The van der Waals surface area contributed by atoms with Crippen LogP contribution in [0.4, 0.5) is 0 Å². The number of ether oxygens (including phenoxy) is 3. The third-order valence-corrected chi connectivity index (χ3v) is 4.91. The maximum atomic E-state index is 11.9. The van der Waals surface area contributed by atoms with Gasteiger partial charge >= 0.3 is 5.97 Å². The number of carbonyl (C=O) groups excluding carboxylic acids is 1. The summed E-state index contributed by atoms with van der Waals surface area (Å²) in [5.74, 6) is 0.796. The van der Waals surface area contributed by atoms with Crippen molar-refractivity contribution in [2.75, 3.05) is 46.6 Å². The van der Waals surface area contributed by atoms with E-state index in [1.165, 1.54) is 5.56 Å². The number of hydrogen-bond acceptors (Lipinski definition) is 5. The Morgan fingerprint density at radius 2 is 1.83 bits per heavy atom. The van der Waals surface area contributed by atoms with E-state index < -0.39 is 0 Å². The van der Waals surface area contributed by atoms with Crippen molar-refractivity contribution in [1.82, 2.24) is 10.2 Å². The Morgan fingerprint density at radius 3 is 2.50 bits per heavy atom. The summed E-state index contributed by atoms with van der Waals surface area (Å²) in [5.41, 5.74) is 2.32. The van der Waals surface area contributed by atoms with E-state index in [-0.39, 0.29) is 35.9 Å². The van der Waals surface area contributed by atoms with Crippen LogP contribution in [0.3, 0.4) is 0 Å². The molecule has 8 heteroatoms. The number of nitrogens with one attached hydrogen (secondary N) is 1. The van der Waals surface area contributed by atoms with Gasteiger partial charge in [0.1, 0.15) is 0 Å². The highest BCUT2D eigenvalue weighted by atomic mass is 127. The fraction of sp³-hybridized carbons (Fsp3) is 0.636. The first-order valence-corrected chi connectivity index (χ1v) is 10.5. The van der Waals surface area contributed by atoms with Crippen LogP contribution in [0.2, 0.25) is 0 Å². The van der Waals surface area contributed by atoms with Crippen LogP contribution in [0.5, 0.6) is 0 Å². The number of hydrogen-bond donors (Lipinski definition) is 1. The second-order valence-electron chi connectivity index (χ2n) is 6.98. The molecular weight excluding hydrogens is 497 g/mol. The van der Waals surface area contributed by atoms with Crippen molar-refractivity contribution in [3.8, 4) is 0 Å². The minimum Gasteiger partial charge on any atom is -0.466 e. The SMILES string of the molecule is CCOCCOCc1cccc(CNC(=NC)N2CCC(C(=O)OCC)CC2)c1.I. The fourth-order valence-corrected chi connectivity index (χ4v) is 3.38. The number of carbonyl (C=O) groups is 1. The van der Waals surface area contributed by atoms with Gasteiger partial charge in [-0.15, -0.1) is 24.0 Å². The predicted octanol–water partition coefficient (Wildman–Crippen LogP) is 3.21. The number of esters is 1. The molecule has 1 saturated heterocycles. The topological polar surface area (TPSA) is 72.4 Å². The number of benzene rings is 1. The molecule has 0 spiro atoms. The van der Waals surface area contributed by atoms with Crippen LogP contribution >= 0.6 is 24.0 Å². The quantitative estimate of drug-likeness (QED) is 0.164. The van der Waals surface area contributed by atoms with Crippen molar-refractivity contribution in [3.05, 3.63) is 35.4 Å². The highest BCUT2D eigenvalue weighted by Gasteiger charge is 2.27. The molecular formula is C22H36IN3O4. The van der Waals surface area contributed by atoms with E-state index in [1.54, 1.807) is 7.05 Å². The van der Waals surface area contributed by atoms with E-state index >= 15 is 0 Å². The van der Waals surface area contributed by atoms with Crippen molar-refractivity contribution in [2.24, 2.45) is 10.9 Å². The number of halogens is 1. The zero-order valence-electron chi connectivity index (χ0n) is 18.4. The number of nitrogens with zero attached hydrogens (tertiary/aromatic N) is 2. The second kappa shape index (κ2) is 15.4. The monoisotopic (exact) mass is 533 g/mol. The number of aliphatic imine (C=N–C) groups is 1. The summed E-state index contributed by atoms with van der Waals surface area (Å²) in [4.78, 5) is 18.5. The maximum Gasteiger partial charge on any atom is 0.309 e. The summed E-state index contributed by atoms with van der Waals surface area (Å²) in [5, 5.41) is 3.43. The van der Waals surface area contributed by atoms with E-state index in [0.717, 1.165) is 37.5 Å². The second-order valence-corrected chi connectivity index (χ2v) is 6.98. The average molecular weight is 533 g/mol. The van der Waals surface area contributed by atoms with Gasteiger partial charge in [0.15, 0.2) is 5.96 Å². The molecule has 1 aromatic rings. The standard InChI is InChI=1S/C22H35N3O4.HI/c1-4-27-13-14-28-17-19-8-6-7-18(15-19)16-24-22(23-3)25-11-9-20(10-12-25)21(26)29-5-2;/h6-8,15,20H,4-5,9-14,16-17H2,1-3H3,(H,23,24);1H. The molecule has 1 heterocycles. The average Bonchev–Trinajstić information content (AvgIpc) is 2.75. The minimum atomic E-state index is -0.0737. The fourth-order valence-electron chi connectivity index (χ4n) is 3.38. The third kappa shape index (κ3) is 9.18. The first-order chi connectivity index (χ1) is 14.2. The smallest absolute Gasteiger partial charge is 0.309 e. The van der Waals surface area contributed by atoms with E-state index in [4.69, 9.17) is 14.2 Å². The summed E-state index contributed by atoms with van der Waals surface area (Å²) in [7, 11) is 1.79. The van der Waals surface area contributed by atoms with Crippen LogP contribution < -0.4 is 5.32 Å². The molecule has 170 valence electrons. The molecule has 0 saturated carbocycles. The number of likely N-dealkylation sites (tertiary alicyclic amines) is 1. The molecule has 1 fully saturated rings. The van der Waals surface area contributed by atoms with E-state index in [2.05, 4.69) is 33.4 Å². The molecule has 1 aliphatic heterocycles. The Kier molecular flexibility index (Phi) is 13.7. The molecule has 0 aromatic heterocycles. The van der Waals surface area contributed by atoms with Gasteiger partial charge < -0.3 is 24.4 Å². The lowest BCUT2D eigenvalue weighted by Crippen LogP contribution is -2.46. The van der Waals surface area contributed by atoms with Crippen LogP contribution in [0, 0.1) is 5.92 Å². The zero-order chi connectivity index (χ0) is 20.9. The van der Waals surface area contributed by atoms with Crippen LogP contribution in [0.1, 0.15) is 37.8 Å². The molecule has 7 nitrogen and oxygen atoms in total. The molecule has 1 N–H and O–H groups in total. The van der Waals surface area contributed by atoms with Crippen molar-refractivity contribution < 1.29 is 19.0 Å². The van der Waals surface area contributed by atoms with E-state index in [1.807, 2.05) is 19.9 Å². The molecule has 2 rings (SSSR count). The molecule has 0 unspecified atom stereocenters. The van der Waals surface area contributed by atoms with Gasteiger partial charge in [-0.05, 0) is 37.8 Å². The molecule has 1 aromatic carbocycles. The van der Waals surface area contributed by atoms with Gasteiger partial charge in [-0.25, -0.2) is 0 Å². The lowest BCUT2D eigenvalue weighted by molar-refractivity contribution is -0.149. The molecule has 0 atom stereocenters. The van der Waals surface area contributed by atoms with Crippen molar-refractivity contribution >= 4 is 35.9 Å². The molecule has 0 radical (unpaired) electrons. The summed E-state index contributed by atoms with van der Waals surface area (Å²) >= 11 is 0. The lowest BCUT2D eigenvalue weighted by atomic mass is 9.97. The summed E-state index contributed by atoms with van der Waals surface area (Å²) in [6.07, 6.45) is 1.60. The predicted molar refractivity (Wildman–Crippen MR) is 129 cm³/mol. The van der Waals surface area contributed by atoms with Crippen molar-refractivity contribution in [2.45, 2.75) is 39.8 Å². The van der Waals surface area contributed by atoms with Gasteiger partial charge in [-0.2, -0.15) is 0 Å². The maximum absolute atomic E-state index is 11.9. The lowest BCUT2D eigenvalue weighted by Gasteiger charge is -2.33. The summed E-state index contributed by atoms with van der Waals surface area (Å²) in [6, 6.07) is 8.36. The Morgan fingerprint density at radius 1 is 1.13 bits per heavy atom. The highest BCUT2D eigenvalue weighted by Crippen LogP contribution is 2.19. The Hall–Kier alpha value is -1.39. The Labute approximate surface area is 197 Å². The van der Waals surface area contributed by atoms with Gasteiger partial charge in [0.25, 0.3) is 0 Å². The zero-order valence-corrected chi connectivity index (χ0v) is 20.7. The van der Waals surface area contributed by atoms with Gasteiger partial charge in [-0.1, -0.05) is 24.3 Å². The first kappa shape index (κ1) is 26.6. The molecule has 0 aliphatic carbocycles. The van der Waals surface area contributed by atoms with Crippen LogP contribution in [-0.2, 0) is 32.2 Å². The number of guanidine groups is 1. The third-order valence-electron chi connectivity index (χ3n) is 4.91. The van der Waals surface area contributed by atoms with Gasteiger partial charge in [0.2, 0.25) is 0 Å². The van der Waals surface area contributed by atoms with Crippen molar-refractivity contribution in [3.63, 3.8) is 0 Å². The van der Waals surface area contributed by atoms with Crippen LogP contribution in [0.25, 0.3) is 0 Å². The largest absolute Gasteiger partial charge is 0.466 e. The number of piperidine rings is 1. The Bertz CT molecular complexity index is 649. The van der Waals surface area contributed by atoms with E-state index in [9.17, 15) is 4.79 Å². The highest BCUT2D eigenvalue weighted by molar-refractivity contribution is 14.0. The molecule has 0 bridgehead atoms. The van der Waals surface area contributed by atoms with Gasteiger partial charge in [-0.3, -0.25) is 9.79 Å². The summed E-state index contributed by atoms with van der Waals surface area (Å²) < 4.78 is 16.1. The molecule has 30 heavy (non-hydrogen) atoms. The first-order valence-electron chi connectivity index (χ1n) is 10.5. The number of rotatable bonds is 10.